The van der Waals surface area contributed by atoms with E-state index in [0.29, 0.717) is 12.2 Å². The summed E-state index contributed by atoms with van der Waals surface area (Å²) < 4.78 is 0. The third-order valence-electron chi connectivity index (χ3n) is 6.45. The van der Waals surface area contributed by atoms with E-state index in [2.05, 4.69) is 12.1 Å². The lowest BCUT2D eigenvalue weighted by Crippen LogP contribution is -2.41. The van der Waals surface area contributed by atoms with Crippen molar-refractivity contribution in [3.05, 3.63) is 66.2 Å². The van der Waals surface area contributed by atoms with E-state index >= 15 is 0 Å². The first-order valence-corrected chi connectivity index (χ1v) is 10.7. The topological polar surface area (TPSA) is 37.4 Å². The van der Waals surface area contributed by atoms with Crippen molar-refractivity contribution in [2.45, 2.75) is 50.9 Å². The van der Waals surface area contributed by atoms with Crippen molar-refractivity contribution in [1.82, 2.24) is 0 Å². The molecule has 1 heterocycles. The van der Waals surface area contributed by atoms with Gasteiger partial charge in [-0.1, -0.05) is 61.4 Å². The Morgan fingerprint density at radius 2 is 1.39 bits per heavy atom. The summed E-state index contributed by atoms with van der Waals surface area (Å²) in [5, 5.41) is 0. The number of amides is 1. The lowest BCUT2D eigenvalue weighted by atomic mass is 9.69. The van der Waals surface area contributed by atoms with Gasteiger partial charge in [-0.15, -0.1) is 0 Å². The molecule has 1 aliphatic carbocycles. The van der Waals surface area contributed by atoms with Crippen LogP contribution < -0.4 is 4.90 Å². The fourth-order valence-corrected chi connectivity index (χ4v) is 5.08. The highest BCUT2D eigenvalue weighted by atomic mass is 16.2. The summed E-state index contributed by atoms with van der Waals surface area (Å²) in [6.45, 7) is 0.763. The second-order valence-corrected chi connectivity index (χ2v) is 8.18. The Bertz CT molecular complexity index is 802. The number of carbonyl (C=O) groups excluding carboxylic acids is 2. The van der Waals surface area contributed by atoms with Gasteiger partial charge in [-0.3, -0.25) is 9.59 Å². The van der Waals surface area contributed by atoms with Gasteiger partial charge >= 0.3 is 0 Å². The number of carbonyl (C=O) groups is 2. The van der Waals surface area contributed by atoms with Gasteiger partial charge in [0.2, 0.25) is 5.91 Å². The molecule has 4 rings (SSSR count). The molecule has 0 spiro atoms. The average Bonchev–Trinajstić information content (AvgIpc) is 2.93. The van der Waals surface area contributed by atoms with Gasteiger partial charge in [0, 0.05) is 36.4 Å². The van der Waals surface area contributed by atoms with Crippen LogP contribution >= 0.6 is 0 Å². The Labute approximate surface area is 167 Å². The fourth-order valence-electron chi connectivity index (χ4n) is 5.08. The number of hydrogen-bond acceptors (Lipinski definition) is 2. The van der Waals surface area contributed by atoms with Crippen LogP contribution in [0.3, 0.4) is 0 Å². The highest BCUT2D eigenvalue weighted by Gasteiger charge is 2.41. The first-order valence-electron chi connectivity index (χ1n) is 10.7. The zero-order chi connectivity index (χ0) is 19.3. The van der Waals surface area contributed by atoms with E-state index in [4.69, 9.17) is 0 Å². The zero-order valence-corrected chi connectivity index (χ0v) is 16.4. The minimum Gasteiger partial charge on any atom is -0.312 e. The Morgan fingerprint density at radius 1 is 0.750 bits per heavy atom. The zero-order valence-electron chi connectivity index (χ0n) is 16.4. The second-order valence-electron chi connectivity index (χ2n) is 8.18. The van der Waals surface area contributed by atoms with Crippen LogP contribution in [0.5, 0.6) is 0 Å². The Morgan fingerprint density at radius 3 is 2.11 bits per heavy atom. The van der Waals surface area contributed by atoms with E-state index < -0.39 is 0 Å². The predicted molar refractivity (Wildman–Crippen MR) is 112 cm³/mol. The van der Waals surface area contributed by atoms with Crippen molar-refractivity contribution < 1.29 is 9.59 Å². The van der Waals surface area contributed by atoms with Crippen molar-refractivity contribution in [1.29, 1.82) is 0 Å². The van der Waals surface area contributed by atoms with Gasteiger partial charge < -0.3 is 4.90 Å². The summed E-state index contributed by atoms with van der Waals surface area (Å²) in [4.78, 5) is 28.6. The number of hydrogen-bond donors (Lipinski definition) is 0. The maximum atomic E-state index is 13.7. The molecular formula is C25H29NO2. The van der Waals surface area contributed by atoms with E-state index in [9.17, 15) is 9.59 Å². The number of nitrogens with zero attached hydrogens (tertiary/aromatic N) is 1. The van der Waals surface area contributed by atoms with Gasteiger partial charge in [-0.2, -0.15) is 0 Å². The Hall–Kier alpha value is -2.42. The maximum Gasteiger partial charge on any atom is 0.230 e. The van der Waals surface area contributed by atoms with Gasteiger partial charge in [-0.05, 0) is 43.4 Å². The van der Waals surface area contributed by atoms with Crippen LogP contribution in [0.4, 0.5) is 5.69 Å². The molecule has 28 heavy (non-hydrogen) atoms. The van der Waals surface area contributed by atoms with Crippen molar-refractivity contribution in [3.8, 4) is 0 Å². The molecular weight excluding hydrogens is 346 g/mol. The van der Waals surface area contributed by atoms with Crippen molar-refractivity contribution in [3.63, 3.8) is 0 Å². The van der Waals surface area contributed by atoms with Crippen LogP contribution in [0.25, 0.3) is 0 Å². The molecule has 2 fully saturated rings. The maximum absolute atomic E-state index is 13.7. The lowest BCUT2D eigenvalue weighted by Gasteiger charge is -2.36. The van der Waals surface area contributed by atoms with Crippen LogP contribution in [-0.2, 0) is 9.59 Å². The molecule has 1 saturated heterocycles. The molecule has 3 nitrogen and oxygen atoms in total. The van der Waals surface area contributed by atoms with E-state index in [1.54, 1.807) is 0 Å². The molecule has 1 amide bonds. The molecule has 0 unspecified atom stereocenters. The standard InChI is InChI=1S/C25H29NO2/c27-23-17-8-7-15-21(23)24(19-11-3-1-4-12-19)22-16-9-10-18-26(25(22)28)20-13-5-2-6-14-20/h1-6,11-14,21-22,24H,7-10,15-18H2/t21-,22+,24-/m0/s1. The number of anilines is 1. The molecule has 146 valence electrons. The highest BCUT2D eigenvalue weighted by molar-refractivity contribution is 5.96. The number of para-hydroxylation sites is 1. The van der Waals surface area contributed by atoms with Gasteiger partial charge in [0.15, 0.2) is 0 Å². The minimum absolute atomic E-state index is 0.00851. The predicted octanol–water partition coefficient (Wildman–Crippen LogP) is 5.36. The van der Waals surface area contributed by atoms with Crippen LogP contribution in [0, 0.1) is 11.8 Å². The molecule has 1 saturated carbocycles. The van der Waals surface area contributed by atoms with Crippen molar-refractivity contribution in [2.24, 2.45) is 11.8 Å². The minimum atomic E-state index is -0.128. The number of rotatable bonds is 4. The Kier molecular flexibility index (Phi) is 5.90. The molecule has 0 bridgehead atoms. The summed E-state index contributed by atoms with van der Waals surface area (Å²) in [7, 11) is 0. The van der Waals surface area contributed by atoms with Crippen molar-refractivity contribution in [2.75, 3.05) is 11.4 Å². The molecule has 3 heteroatoms. The average molecular weight is 376 g/mol. The quantitative estimate of drug-likeness (QED) is 0.721. The number of benzene rings is 2. The summed E-state index contributed by atoms with van der Waals surface area (Å²) >= 11 is 0. The molecule has 0 N–H and O–H groups in total. The van der Waals surface area contributed by atoms with E-state index in [0.717, 1.165) is 56.3 Å². The summed E-state index contributed by atoms with van der Waals surface area (Å²) in [5.74, 6) is 0.378. The molecule has 0 radical (unpaired) electrons. The molecule has 3 atom stereocenters. The van der Waals surface area contributed by atoms with E-state index in [1.165, 1.54) is 0 Å². The van der Waals surface area contributed by atoms with Crippen molar-refractivity contribution >= 4 is 17.4 Å². The number of Topliss-reactive ketones (excluding diaryl/α,β-unsaturated/α-hetero) is 1. The molecule has 2 aromatic carbocycles. The summed E-state index contributed by atoms with van der Waals surface area (Å²) in [5.41, 5.74) is 2.12. The number of ketones is 1. The molecule has 2 aliphatic rings. The molecule has 2 aromatic rings. The first kappa shape index (κ1) is 18.9. The monoisotopic (exact) mass is 375 g/mol. The third-order valence-corrected chi connectivity index (χ3v) is 6.45. The van der Waals surface area contributed by atoms with Gasteiger partial charge in [0.05, 0.1) is 0 Å². The SMILES string of the molecule is O=C1CCCC[C@@H]1[C@H](c1ccccc1)[C@H]1CCCCN(c2ccccc2)C1=O. The van der Waals surface area contributed by atoms with Crippen LogP contribution in [0.1, 0.15) is 56.4 Å². The van der Waals surface area contributed by atoms with Gasteiger partial charge in [0.25, 0.3) is 0 Å². The normalized spacial score (nSPS) is 24.6. The smallest absolute Gasteiger partial charge is 0.230 e. The van der Waals surface area contributed by atoms with E-state index in [-0.39, 0.29) is 23.7 Å². The van der Waals surface area contributed by atoms with E-state index in [1.807, 2.05) is 53.4 Å². The van der Waals surface area contributed by atoms with Crippen LogP contribution in [0.2, 0.25) is 0 Å². The first-order chi connectivity index (χ1) is 13.8. The van der Waals surface area contributed by atoms with Crippen LogP contribution in [-0.4, -0.2) is 18.2 Å². The van der Waals surface area contributed by atoms with Gasteiger partial charge in [0.1, 0.15) is 5.78 Å². The third kappa shape index (κ3) is 3.89. The molecule has 1 aliphatic heterocycles. The lowest BCUT2D eigenvalue weighted by molar-refractivity contribution is -0.128. The van der Waals surface area contributed by atoms with Crippen LogP contribution in [0.15, 0.2) is 60.7 Å². The summed E-state index contributed by atoms with van der Waals surface area (Å²) in [6.07, 6.45) is 6.56. The summed E-state index contributed by atoms with van der Waals surface area (Å²) in [6, 6.07) is 20.3. The largest absolute Gasteiger partial charge is 0.312 e. The fraction of sp³-hybridized carbons (Fsp3) is 0.440. The second kappa shape index (κ2) is 8.72. The Balaban J connectivity index is 1.71. The van der Waals surface area contributed by atoms with Gasteiger partial charge in [-0.25, -0.2) is 0 Å². The molecule has 0 aromatic heterocycles. The highest BCUT2D eigenvalue weighted by Crippen LogP contribution is 2.43.